The van der Waals surface area contributed by atoms with Gasteiger partial charge < -0.3 is 19.7 Å². The third-order valence-electron chi connectivity index (χ3n) is 4.68. The molecule has 0 radical (unpaired) electrons. The number of para-hydroxylation sites is 1. The normalized spacial score (nSPS) is 14.2. The van der Waals surface area contributed by atoms with E-state index in [9.17, 15) is 4.79 Å². The van der Waals surface area contributed by atoms with Crippen molar-refractivity contribution in [2.24, 2.45) is 0 Å². The van der Waals surface area contributed by atoms with Crippen LogP contribution in [0.3, 0.4) is 0 Å². The van der Waals surface area contributed by atoms with Gasteiger partial charge in [0.05, 0.1) is 18.4 Å². The molecule has 0 unspecified atom stereocenters. The zero-order valence-electron chi connectivity index (χ0n) is 15.9. The summed E-state index contributed by atoms with van der Waals surface area (Å²) < 4.78 is 10.9. The van der Waals surface area contributed by atoms with Crippen molar-refractivity contribution < 1.29 is 14.3 Å². The summed E-state index contributed by atoms with van der Waals surface area (Å²) in [4.78, 5) is 16.5. The molecule has 7 nitrogen and oxygen atoms in total. The maximum atomic E-state index is 12.4. The van der Waals surface area contributed by atoms with Crippen molar-refractivity contribution in [2.45, 2.75) is 0 Å². The summed E-state index contributed by atoms with van der Waals surface area (Å²) in [7, 11) is 1.64. The molecule has 1 saturated heterocycles. The average Bonchev–Trinajstić information content (AvgIpc) is 2.75. The van der Waals surface area contributed by atoms with Gasteiger partial charge in [-0.1, -0.05) is 12.1 Å². The van der Waals surface area contributed by atoms with E-state index in [0.29, 0.717) is 30.9 Å². The highest BCUT2D eigenvalue weighted by Crippen LogP contribution is 2.17. The molecule has 1 heterocycles. The van der Waals surface area contributed by atoms with Gasteiger partial charge in [0.2, 0.25) is 0 Å². The van der Waals surface area contributed by atoms with Gasteiger partial charge in [0.1, 0.15) is 24.2 Å². The zero-order chi connectivity index (χ0) is 19.8. The number of rotatable bonds is 6. The van der Waals surface area contributed by atoms with Gasteiger partial charge in [-0.25, -0.2) is 4.79 Å². The number of carbonyl (C=O) groups is 1. The van der Waals surface area contributed by atoms with Crippen molar-refractivity contribution in [1.29, 1.82) is 5.26 Å². The first-order valence-corrected chi connectivity index (χ1v) is 9.24. The highest BCUT2D eigenvalue weighted by molar-refractivity contribution is 5.90. The lowest BCUT2D eigenvalue weighted by Crippen LogP contribution is -2.50. The molecule has 2 aromatic carbocycles. The molecule has 0 atom stereocenters. The highest BCUT2D eigenvalue weighted by atomic mass is 16.5. The van der Waals surface area contributed by atoms with Crippen LogP contribution in [0, 0.1) is 11.3 Å². The van der Waals surface area contributed by atoms with Crippen LogP contribution < -0.4 is 14.8 Å². The van der Waals surface area contributed by atoms with Gasteiger partial charge in [-0.2, -0.15) is 5.26 Å². The van der Waals surface area contributed by atoms with E-state index in [1.54, 1.807) is 36.3 Å². The number of benzene rings is 2. The third kappa shape index (κ3) is 5.15. The van der Waals surface area contributed by atoms with Crippen LogP contribution in [-0.4, -0.2) is 62.3 Å². The number of amides is 2. The van der Waals surface area contributed by atoms with Gasteiger partial charge in [0, 0.05) is 32.7 Å². The monoisotopic (exact) mass is 380 g/mol. The van der Waals surface area contributed by atoms with E-state index in [4.69, 9.17) is 14.7 Å². The minimum absolute atomic E-state index is 0.170. The van der Waals surface area contributed by atoms with Gasteiger partial charge in [-0.15, -0.1) is 0 Å². The minimum Gasteiger partial charge on any atom is -0.497 e. The first-order valence-electron chi connectivity index (χ1n) is 9.24. The number of hydrogen-bond donors (Lipinski definition) is 1. The Labute approximate surface area is 165 Å². The van der Waals surface area contributed by atoms with E-state index < -0.39 is 0 Å². The maximum Gasteiger partial charge on any atom is 0.321 e. The first kappa shape index (κ1) is 19.5. The molecule has 146 valence electrons. The fourth-order valence-electron chi connectivity index (χ4n) is 3.02. The number of anilines is 1. The van der Waals surface area contributed by atoms with Crippen LogP contribution in [-0.2, 0) is 0 Å². The fourth-order valence-corrected chi connectivity index (χ4v) is 3.02. The Morgan fingerprint density at radius 2 is 1.75 bits per heavy atom. The van der Waals surface area contributed by atoms with E-state index in [0.717, 1.165) is 31.1 Å². The summed E-state index contributed by atoms with van der Waals surface area (Å²) in [5.41, 5.74) is 1.01. The molecule has 0 bridgehead atoms. The van der Waals surface area contributed by atoms with Crippen molar-refractivity contribution in [3.05, 3.63) is 54.1 Å². The Morgan fingerprint density at radius 1 is 1.07 bits per heavy atom. The number of urea groups is 1. The number of nitriles is 1. The molecule has 1 fully saturated rings. The van der Waals surface area contributed by atoms with Crippen molar-refractivity contribution in [3.8, 4) is 17.6 Å². The Balaban J connectivity index is 1.40. The molecule has 1 aliphatic rings. The van der Waals surface area contributed by atoms with Crippen LogP contribution in [0.5, 0.6) is 11.5 Å². The lowest BCUT2D eigenvalue weighted by atomic mass is 10.2. The number of methoxy groups -OCH3 is 1. The van der Waals surface area contributed by atoms with Crippen LogP contribution in [0.4, 0.5) is 10.5 Å². The number of ether oxygens (including phenoxy) is 2. The quantitative estimate of drug-likeness (QED) is 0.834. The summed E-state index contributed by atoms with van der Waals surface area (Å²) >= 11 is 0. The second-order valence-corrected chi connectivity index (χ2v) is 6.44. The van der Waals surface area contributed by atoms with Gasteiger partial charge in [0.15, 0.2) is 0 Å². The lowest BCUT2D eigenvalue weighted by Gasteiger charge is -2.34. The van der Waals surface area contributed by atoms with E-state index in [1.165, 1.54) is 0 Å². The van der Waals surface area contributed by atoms with Crippen molar-refractivity contribution >= 4 is 11.7 Å². The summed E-state index contributed by atoms with van der Waals surface area (Å²) in [6.45, 7) is 4.26. The molecule has 3 rings (SSSR count). The number of nitrogens with zero attached hydrogens (tertiary/aromatic N) is 3. The largest absolute Gasteiger partial charge is 0.497 e. The number of hydrogen-bond acceptors (Lipinski definition) is 5. The Morgan fingerprint density at radius 3 is 2.43 bits per heavy atom. The smallest absolute Gasteiger partial charge is 0.321 e. The standard InChI is InChI=1S/C21H24N4O3/c1-27-18-6-8-19(9-7-18)28-15-14-24-10-12-25(13-11-24)21(26)23-20-5-3-2-4-17(20)16-22/h2-9H,10-15H2,1H3,(H,23,26). The zero-order valence-corrected chi connectivity index (χ0v) is 15.9. The first-order chi connectivity index (χ1) is 13.7. The van der Waals surface area contributed by atoms with Gasteiger partial charge in [0.25, 0.3) is 0 Å². The van der Waals surface area contributed by atoms with E-state index in [2.05, 4.69) is 16.3 Å². The molecular weight excluding hydrogens is 356 g/mol. The van der Waals surface area contributed by atoms with E-state index >= 15 is 0 Å². The van der Waals surface area contributed by atoms with Crippen LogP contribution in [0.2, 0.25) is 0 Å². The highest BCUT2D eigenvalue weighted by Gasteiger charge is 2.21. The van der Waals surface area contributed by atoms with Crippen molar-refractivity contribution in [1.82, 2.24) is 9.80 Å². The third-order valence-corrected chi connectivity index (χ3v) is 4.68. The molecular formula is C21H24N4O3. The maximum absolute atomic E-state index is 12.4. The SMILES string of the molecule is COc1ccc(OCCN2CCN(C(=O)Nc3ccccc3C#N)CC2)cc1. The Kier molecular flexibility index (Phi) is 6.71. The Bertz CT molecular complexity index is 824. The molecule has 1 aliphatic heterocycles. The van der Waals surface area contributed by atoms with Crippen LogP contribution >= 0.6 is 0 Å². The second-order valence-electron chi connectivity index (χ2n) is 6.44. The summed E-state index contributed by atoms with van der Waals surface area (Å²) in [5.74, 6) is 1.62. The van der Waals surface area contributed by atoms with Gasteiger partial charge >= 0.3 is 6.03 Å². The van der Waals surface area contributed by atoms with Crippen molar-refractivity contribution in [3.63, 3.8) is 0 Å². The molecule has 2 aromatic rings. The molecule has 0 aliphatic carbocycles. The molecule has 7 heteroatoms. The van der Waals surface area contributed by atoms with Crippen molar-refractivity contribution in [2.75, 3.05) is 51.8 Å². The molecule has 0 saturated carbocycles. The molecule has 0 aromatic heterocycles. The van der Waals surface area contributed by atoms with E-state index in [-0.39, 0.29) is 6.03 Å². The molecule has 0 spiro atoms. The second kappa shape index (κ2) is 9.62. The van der Waals surface area contributed by atoms with Crippen LogP contribution in [0.25, 0.3) is 0 Å². The predicted octanol–water partition coefficient (Wildman–Crippen LogP) is 2.80. The average molecular weight is 380 g/mol. The summed E-state index contributed by atoms with van der Waals surface area (Å²) in [6, 6.07) is 16.5. The fraction of sp³-hybridized carbons (Fsp3) is 0.333. The number of piperazine rings is 1. The lowest BCUT2D eigenvalue weighted by molar-refractivity contribution is 0.132. The summed E-state index contributed by atoms with van der Waals surface area (Å²) in [5, 5.41) is 12.0. The molecule has 2 amide bonds. The summed E-state index contributed by atoms with van der Waals surface area (Å²) in [6.07, 6.45) is 0. The van der Waals surface area contributed by atoms with E-state index in [1.807, 2.05) is 24.3 Å². The minimum atomic E-state index is -0.170. The van der Waals surface area contributed by atoms with Gasteiger partial charge in [-0.3, -0.25) is 4.90 Å². The topological polar surface area (TPSA) is 77.8 Å². The van der Waals surface area contributed by atoms with Crippen LogP contribution in [0.15, 0.2) is 48.5 Å². The molecule has 1 N–H and O–H groups in total. The van der Waals surface area contributed by atoms with Gasteiger partial charge in [-0.05, 0) is 36.4 Å². The Hall–Kier alpha value is -3.24. The predicted molar refractivity (Wildman–Crippen MR) is 107 cm³/mol. The van der Waals surface area contributed by atoms with Crippen LogP contribution in [0.1, 0.15) is 5.56 Å². The molecule has 28 heavy (non-hydrogen) atoms. The number of carbonyl (C=O) groups excluding carboxylic acids is 1. The number of nitrogens with one attached hydrogen (secondary N) is 1.